The fraction of sp³-hybridized carbons (Fsp3) is 0.308. The van der Waals surface area contributed by atoms with Crippen LogP contribution in [0.15, 0.2) is 30.3 Å². The van der Waals surface area contributed by atoms with Gasteiger partial charge in [-0.25, -0.2) is 0 Å². The molecule has 0 saturated heterocycles. The zero-order valence-corrected chi connectivity index (χ0v) is 12.5. The first-order valence-corrected chi connectivity index (χ1v) is 7.23. The number of carbonyl (C=O) groups excluding carboxylic acids is 1. The molecule has 1 atom stereocenters. The van der Waals surface area contributed by atoms with Gasteiger partial charge in [0.2, 0.25) is 10.3 Å². The SMILES string of the molecule is CCOC(=O)C(C=S(=O)=O)Cc1ccccc1.N=C(N)N. The molecule has 0 saturated carbocycles. The van der Waals surface area contributed by atoms with Gasteiger partial charge in [-0.2, -0.15) is 8.42 Å². The summed E-state index contributed by atoms with van der Waals surface area (Å²) in [5, 5.41) is 7.03. The van der Waals surface area contributed by atoms with E-state index in [4.69, 9.17) is 10.1 Å². The number of nitrogens with two attached hydrogens (primary N) is 2. The summed E-state index contributed by atoms with van der Waals surface area (Å²) in [5.74, 6) is -1.60. The summed E-state index contributed by atoms with van der Waals surface area (Å²) in [6.07, 6.45) is 0.327. The van der Waals surface area contributed by atoms with Crippen molar-refractivity contribution in [2.24, 2.45) is 17.4 Å². The van der Waals surface area contributed by atoms with Crippen LogP contribution in [0.5, 0.6) is 0 Å². The second-order valence-corrected chi connectivity index (χ2v) is 4.69. The Morgan fingerprint density at radius 2 is 1.86 bits per heavy atom. The van der Waals surface area contributed by atoms with E-state index >= 15 is 0 Å². The van der Waals surface area contributed by atoms with Crippen LogP contribution in [-0.4, -0.2) is 32.3 Å². The lowest BCUT2D eigenvalue weighted by molar-refractivity contribution is -0.145. The van der Waals surface area contributed by atoms with E-state index in [-0.39, 0.29) is 12.6 Å². The molecule has 21 heavy (non-hydrogen) atoms. The average molecular weight is 313 g/mol. The minimum absolute atomic E-state index is 0.240. The van der Waals surface area contributed by atoms with E-state index in [1.807, 2.05) is 30.3 Å². The predicted octanol–water partition coefficient (Wildman–Crippen LogP) is -0.0717. The van der Waals surface area contributed by atoms with Gasteiger partial charge in [-0.05, 0) is 18.9 Å². The number of nitrogens with one attached hydrogen (secondary N) is 1. The molecule has 0 aliphatic carbocycles. The van der Waals surface area contributed by atoms with Gasteiger partial charge in [0.1, 0.15) is 0 Å². The minimum Gasteiger partial charge on any atom is -0.466 e. The Bertz CT molecular complexity index is 573. The first-order valence-electron chi connectivity index (χ1n) is 6.09. The number of hydrogen-bond acceptors (Lipinski definition) is 5. The molecular weight excluding hydrogens is 294 g/mol. The molecule has 0 aliphatic heterocycles. The van der Waals surface area contributed by atoms with Crippen LogP contribution in [0, 0.1) is 11.3 Å². The third kappa shape index (κ3) is 10.1. The third-order valence-electron chi connectivity index (χ3n) is 2.16. The molecule has 116 valence electrons. The lowest BCUT2D eigenvalue weighted by Gasteiger charge is -2.09. The van der Waals surface area contributed by atoms with E-state index < -0.39 is 22.2 Å². The first kappa shape index (κ1) is 18.7. The van der Waals surface area contributed by atoms with Crippen LogP contribution in [-0.2, 0) is 26.2 Å². The molecule has 0 amide bonds. The number of benzene rings is 1. The van der Waals surface area contributed by atoms with Crippen LogP contribution >= 0.6 is 0 Å². The van der Waals surface area contributed by atoms with Gasteiger partial charge in [0.15, 0.2) is 5.96 Å². The van der Waals surface area contributed by atoms with E-state index in [0.29, 0.717) is 6.42 Å². The summed E-state index contributed by atoms with van der Waals surface area (Å²) >= 11 is 0. The van der Waals surface area contributed by atoms with Crippen molar-refractivity contribution in [1.82, 2.24) is 0 Å². The Balaban J connectivity index is 0.000000885. The minimum atomic E-state index is -2.37. The van der Waals surface area contributed by atoms with Crippen molar-refractivity contribution in [2.45, 2.75) is 13.3 Å². The molecule has 1 rings (SSSR count). The van der Waals surface area contributed by atoms with Gasteiger partial charge in [-0.1, -0.05) is 30.3 Å². The quantitative estimate of drug-likeness (QED) is 0.301. The maximum Gasteiger partial charge on any atom is 0.314 e. The Kier molecular flexibility index (Phi) is 9.27. The molecule has 5 N–H and O–H groups in total. The van der Waals surface area contributed by atoms with Crippen LogP contribution < -0.4 is 11.5 Å². The Morgan fingerprint density at radius 1 is 1.33 bits per heavy atom. The largest absolute Gasteiger partial charge is 0.466 e. The van der Waals surface area contributed by atoms with Crippen LogP contribution in [0.1, 0.15) is 12.5 Å². The summed E-state index contributed by atoms with van der Waals surface area (Å²) < 4.78 is 26.1. The van der Waals surface area contributed by atoms with Crippen molar-refractivity contribution in [3.05, 3.63) is 35.9 Å². The third-order valence-corrected chi connectivity index (χ3v) is 2.71. The molecule has 0 spiro atoms. The zero-order chi connectivity index (χ0) is 16.3. The van der Waals surface area contributed by atoms with E-state index in [9.17, 15) is 13.2 Å². The first-order chi connectivity index (χ1) is 9.86. The van der Waals surface area contributed by atoms with Crippen molar-refractivity contribution in [3.63, 3.8) is 0 Å². The monoisotopic (exact) mass is 313 g/mol. The van der Waals surface area contributed by atoms with Crippen molar-refractivity contribution >= 4 is 27.6 Å². The summed E-state index contributed by atoms with van der Waals surface area (Å²) in [6, 6.07) is 9.22. The van der Waals surface area contributed by atoms with Crippen molar-refractivity contribution < 1.29 is 17.9 Å². The van der Waals surface area contributed by atoms with Crippen molar-refractivity contribution in [2.75, 3.05) is 6.61 Å². The molecule has 7 nitrogen and oxygen atoms in total. The summed E-state index contributed by atoms with van der Waals surface area (Å²) in [6.45, 7) is 1.93. The normalized spacial score (nSPS) is 10.5. The Hall–Kier alpha value is -2.35. The Morgan fingerprint density at radius 3 is 2.29 bits per heavy atom. The van der Waals surface area contributed by atoms with E-state index in [2.05, 4.69) is 11.5 Å². The molecule has 1 unspecified atom stereocenters. The van der Waals surface area contributed by atoms with Crippen LogP contribution in [0.3, 0.4) is 0 Å². The number of guanidine groups is 1. The van der Waals surface area contributed by atoms with Crippen molar-refractivity contribution in [1.29, 1.82) is 5.41 Å². The molecule has 0 aromatic heterocycles. The van der Waals surface area contributed by atoms with E-state index in [1.165, 1.54) is 0 Å². The van der Waals surface area contributed by atoms with E-state index in [0.717, 1.165) is 10.9 Å². The van der Waals surface area contributed by atoms with Crippen LogP contribution in [0.25, 0.3) is 0 Å². The number of ether oxygens (including phenoxy) is 1. The Labute approximate surface area is 124 Å². The second kappa shape index (κ2) is 10.4. The maximum absolute atomic E-state index is 11.6. The lowest BCUT2D eigenvalue weighted by atomic mass is 10.0. The highest BCUT2D eigenvalue weighted by atomic mass is 32.2. The second-order valence-electron chi connectivity index (χ2n) is 3.90. The van der Waals surface area contributed by atoms with Crippen molar-refractivity contribution in [3.8, 4) is 0 Å². The average Bonchev–Trinajstić information content (AvgIpc) is 2.38. The van der Waals surface area contributed by atoms with Gasteiger partial charge in [0.25, 0.3) is 0 Å². The molecule has 0 aliphatic rings. The topological polar surface area (TPSA) is 136 Å². The molecular formula is C13H19N3O4S. The van der Waals surface area contributed by atoms with Gasteiger partial charge < -0.3 is 16.2 Å². The zero-order valence-electron chi connectivity index (χ0n) is 11.7. The molecule has 0 radical (unpaired) electrons. The summed E-state index contributed by atoms with van der Waals surface area (Å²) in [4.78, 5) is 11.6. The predicted molar refractivity (Wildman–Crippen MR) is 81.4 cm³/mol. The van der Waals surface area contributed by atoms with E-state index in [1.54, 1.807) is 6.92 Å². The van der Waals surface area contributed by atoms with Crippen LogP contribution in [0.4, 0.5) is 0 Å². The molecule has 0 bridgehead atoms. The maximum atomic E-state index is 11.6. The number of hydrogen-bond donors (Lipinski definition) is 3. The molecule has 0 heterocycles. The number of carbonyl (C=O) groups is 1. The molecule has 0 fully saturated rings. The highest BCUT2D eigenvalue weighted by Gasteiger charge is 2.18. The van der Waals surface area contributed by atoms with Gasteiger partial charge >= 0.3 is 5.97 Å². The van der Waals surface area contributed by atoms with Gasteiger partial charge in [-0.15, -0.1) is 0 Å². The highest BCUT2D eigenvalue weighted by Crippen LogP contribution is 2.08. The van der Waals surface area contributed by atoms with Gasteiger partial charge in [-0.3, -0.25) is 10.2 Å². The molecule has 1 aromatic carbocycles. The van der Waals surface area contributed by atoms with Gasteiger partial charge in [0, 0.05) is 0 Å². The summed E-state index contributed by atoms with van der Waals surface area (Å²) in [5.41, 5.74) is 9.84. The lowest BCUT2D eigenvalue weighted by Crippen LogP contribution is -2.21. The molecule has 8 heteroatoms. The smallest absolute Gasteiger partial charge is 0.314 e. The summed E-state index contributed by atoms with van der Waals surface area (Å²) in [7, 11) is -2.37. The standard InChI is InChI=1S/C12H14O4S.CH5N3/c1-2-16-12(13)11(9-17(14)15)8-10-6-4-3-5-7-10;2-1(3)4/h3-7,9,11H,2,8H2,1H3;(H5,2,3,4). The van der Waals surface area contributed by atoms with Gasteiger partial charge in [0.05, 0.1) is 17.9 Å². The highest BCUT2D eigenvalue weighted by molar-refractivity contribution is 7.71. The van der Waals surface area contributed by atoms with Crippen LogP contribution in [0.2, 0.25) is 0 Å². The fourth-order valence-electron chi connectivity index (χ4n) is 1.44. The molecule has 1 aromatic rings. The number of esters is 1. The fourth-order valence-corrected chi connectivity index (χ4v) is 1.91. The number of rotatable bonds is 5.